The van der Waals surface area contributed by atoms with Crippen LogP contribution in [0.25, 0.3) is 0 Å². The lowest BCUT2D eigenvalue weighted by atomic mass is 10.1. The molecule has 0 spiro atoms. The van der Waals surface area contributed by atoms with Crippen molar-refractivity contribution in [1.29, 1.82) is 0 Å². The largest absolute Gasteiger partial charge is 0.491 e. The minimum atomic E-state index is 0. The lowest BCUT2D eigenvalue weighted by Crippen LogP contribution is -2.37. The fourth-order valence-electron chi connectivity index (χ4n) is 2.18. The number of rotatable bonds is 10. The molecule has 5 nitrogen and oxygen atoms in total. The van der Waals surface area contributed by atoms with Crippen molar-refractivity contribution in [3.05, 3.63) is 29.3 Å². The molecule has 0 fully saturated rings. The van der Waals surface area contributed by atoms with Gasteiger partial charge in [0.25, 0.3) is 0 Å². The molecule has 0 saturated carbocycles. The Hall–Kier alpha value is -1.02. The zero-order valence-electron chi connectivity index (χ0n) is 16.2. The first kappa shape index (κ1) is 24.0. The standard InChI is InChI=1S/C19H33N3O2.HI/c1-6-23-11-12-24-18-13-16(4)7-8-17(18)14-22-19(20-5)21-10-9-15(2)3;/h7-8,13,15H,6,9-12,14H2,1-5H3,(H2,20,21,22);1H. The van der Waals surface area contributed by atoms with Crippen LogP contribution in [0.2, 0.25) is 0 Å². The molecule has 0 heterocycles. The van der Waals surface area contributed by atoms with Crippen LogP contribution in [0, 0.1) is 12.8 Å². The molecule has 25 heavy (non-hydrogen) atoms. The van der Waals surface area contributed by atoms with Crippen LogP contribution in [0.3, 0.4) is 0 Å². The molecule has 0 amide bonds. The van der Waals surface area contributed by atoms with Crippen molar-refractivity contribution in [1.82, 2.24) is 10.6 Å². The zero-order valence-corrected chi connectivity index (χ0v) is 18.6. The molecule has 1 aromatic carbocycles. The Labute approximate surface area is 170 Å². The summed E-state index contributed by atoms with van der Waals surface area (Å²) in [5.74, 6) is 2.40. The van der Waals surface area contributed by atoms with Gasteiger partial charge in [0, 0.05) is 32.3 Å². The molecule has 2 N–H and O–H groups in total. The van der Waals surface area contributed by atoms with E-state index in [0.717, 1.165) is 30.2 Å². The first-order valence-corrected chi connectivity index (χ1v) is 8.81. The average Bonchev–Trinajstić information content (AvgIpc) is 2.55. The van der Waals surface area contributed by atoms with Crippen molar-refractivity contribution in [2.75, 3.05) is 33.4 Å². The van der Waals surface area contributed by atoms with Gasteiger partial charge in [0.1, 0.15) is 12.4 Å². The second kappa shape index (κ2) is 14.2. The number of benzene rings is 1. The first-order valence-electron chi connectivity index (χ1n) is 8.81. The number of nitrogens with zero attached hydrogens (tertiary/aromatic N) is 1. The highest BCUT2D eigenvalue weighted by molar-refractivity contribution is 14.0. The van der Waals surface area contributed by atoms with E-state index in [1.165, 1.54) is 5.56 Å². The summed E-state index contributed by atoms with van der Waals surface area (Å²) in [5, 5.41) is 6.69. The van der Waals surface area contributed by atoms with E-state index >= 15 is 0 Å². The smallest absolute Gasteiger partial charge is 0.191 e. The van der Waals surface area contributed by atoms with E-state index in [1.807, 2.05) is 6.92 Å². The summed E-state index contributed by atoms with van der Waals surface area (Å²) >= 11 is 0. The number of aliphatic imine (C=N–C) groups is 1. The Bertz CT molecular complexity index is 507. The van der Waals surface area contributed by atoms with Gasteiger partial charge in [0.05, 0.1) is 6.61 Å². The lowest BCUT2D eigenvalue weighted by Gasteiger charge is -2.16. The van der Waals surface area contributed by atoms with Crippen molar-refractivity contribution >= 4 is 29.9 Å². The van der Waals surface area contributed by atoms with E-state index < -0.39 is 0 Å². The van der Waals surface area contributed by atoms with Gasteiger partial charge in [0.15, 0.2) is 5.96 Å². The number of halogens is 1. The summed E-state index contributed by atoms with van der Waals surface area (Å²) in [5.41, 5.74) is 2.30. The molecular formula is C19H34IN3O2. The maximum absolute atomic E-state index is 5.87. The molecule has 0 unspecified atom stereocenters. The molecule has 0 aromatic heterocycles. The van der Waals surface area contributed by atoms with Gasteiger partial charge < -0.3 is 20.1 Å². The van der Waals surface area contributed by atoms with Crippen LogP contribution in [-0.4, -0.2) is 39.4 Å². The fourth-order valence-corrected chi connectivity index (χ4v) is 2.18. The summed E-state index contributed by atoms with van der Waals surface area (Å²) in [4.78, 5) is 4.27. The highest BCUT2D eigenvalue weighted by Crippen LogP contribution is 2.20. The Balaban J connectivity index is 0.00000576. The van der Waals surface area contributed by atoms with Crippen molar-refractivity contribution in [3.63, 3.8) is 0 Å². The molecule has 6 heteroatoms. The number of hydrogen-bond donors (Lipinski definition) is 2. The maximum atomic E-state index is 5.87. The van der Waals surface area contributed by atoms with Gasteiger partial charge in [-0.3, -0.25) is 4.99 Å². The van der Waals surface area contributed by atoms with Gasteiger partial charge in [-0.15, -0.1) is 24.0 Å². The molecule has 0 radical (unpaired) electrons. The van der Waals surface area contributed by atoms with Gasteiger partial charge in [-0.1, -0.05) is 26.0 Å². The van der Waals surface area contributed by atoms with Gasteiger partial charge in [0.2, 0.25) is 0 Å². The second-order valence-electron chi connectivity index (χ2n) is 6.19. The summed E-state index contributed by atoms with van der Waals surface area (Å²) in [7, 11) is 1.79. The Morgan fingerprint density at radius 2 is 1.96 bits per heavy atom. The molecule has 0 bridgehead atoms. The van der Waals surface area contributed by atoms with Gasteiger partial charge in [-0.2, -0.15) is 0 Å². The average molecular weight is 463 g/mol. The number of aryl methyl sites for hydroxylation is 1. The number of hydrogen-bond acceptors (Lipinski definition) is 3. The normalized spacial score (nSPS) is 11.2. The van der Waals surface area contributed by atoms with Crippen LogP contribution < -0.4 is 15.4 Å². The van der Waals surface area contributed by atoms with E-state index in [1.54, 1.807) is 7.05 Å². The SMILES string of the molecule is CCOCCOc1cc(C)ccc1CNC(=NC)NCCC(C)C.I. The second-order valence-corrected chi connectivity index (χ2v) is 6.19. The summed E-state index contributed by atoms with van der Waals surface area (Å²) in [6, 6.07) is 6.26. The summed E-state index contributed by atoms with van der Waals surface area (Å²) < 4.78 is 11.2. The molecule has 0 saturated heterocycles. The molecule has 0 aliphatic carbocycles. The highest BCUT2D eigenvalue weighted by atomic mass is 127. The Kier molecular flexibility index (Phi) is 13.6. The third kappa shape index (κ3) is 10.5. The highest BCUT2D eigenvalue weighted by Gasteiger charge is 2.06. The van der Waals surface area contributed by atoms with Gasteiger partial charge in [-0.05, 0) is 37.8 Å². The summed E-state index contributed by atoms with van der Waals surface area (Å²) in [6.07, 6.45) is 1.12. The fraction of sp³-hybridized carbons (Fsp3) is 0.632. The summed E-state index contributed by atoms with van der Waals surface area (Å²) in [6.45, 7) is 12.0. The minimum Gasteiger partial charge on any atom is -0.491 e. The van der Waals surface area contributed by atoms with Crippen LogP contribution in [-0.2, 0) is 11.3 Å². The number of nitrogens with one attached hydrogen (secondary N) is 2. The van der Waals surface area contributed by atoms with E-state index in [9.17, 15) is 0 Å². The molecule has 1 rings (SSSR count). The van der Waals surface area contributed by atoms with Crippen LogP contribution in [0.15, 0.2) is 23.2 Å². The van der Waals surface area contributed by atoms with Crippen molar-refractivity contribution in [3.8, 4) is 5.75 Å². The predicted octanol–water partition coefficient (Wildman–Crippen LogP) is 3.74. The Morgan fingerprint density at radius 3 is 2.60 bits per heavy atom. The molecule has 1 aromatic rings. The topological polar surface area (TPSA) is 54.9 Å². The third-order valence-electron chi connectivity index (χ3n) is 3.60. The van der Waals surface area contributed by atoms with Crippen molar-refractivity contribution < 1.29 is 9.47 Å². The van der Waals surface area contributed by atoms with Crippen LogP contribution in [0.1, 0.15) is 38.3 Å². The molecule has 0 aliphatic heterocycles. The maximum Gasteiger partial charge on any atom is 0.191 e. The zero-order chi connectivity index (χ0) is 17.8. The van der Waals surface area contributed by atoms with E-state index in [-0.39, 0.29) is 24.0 Å². The van der Waals surface area contributed by atoms with Gasteiger partial charge in [-0.25, -0.2) is 0 Å². The number of ether oxygens (including phenoxy) is 2. The lowest BCUT2D eigenvalue weighted by molar-refractivity contribution is 0.110. The molecular weight excluding hydrogens is 429 g/mol. The van der Waals surface area contributed by atoms with E-state index in [2.05, 4.69) is 54.6 Å². The molecule has 0 atom stereocenters. The van der Waals surface area contributed by atoms with Crippen molar-refractivity contribution in [2.45, 2.75) is 40.7 Å². The monoisotopic (exact) mass is 463 g/mol. The molecule has 144 valence electrons. The van der Waals surface area contributed by atoms with Crippen LogP contribution >= 0.6 is 24.0 Å². The van der Waals surface area contributed by atoms with Crippen molar-refractivity contribution in [2.24, 2.45) is 10.9 Å². The molecule has 0 aliphatic rings. The van der Waals surface area contributed by atoms with Crippen LogP contribution in [0.5, 0.6) is 5.75 Å². The van der Waals surface area contributed by atoms with E-state index in [4.69, 9.17) is 9.47 Å². The van der Waals surface area contributed by atoms with Gasteiger partial charge >= 0.3 is 0 Å². The van der Waals surface area contributed by atoms with Crippen LogP contribution in [0.4, 0.5) is 0 Å². The Morgan fingerprint density at radius 1 is 1.20 bits per heavy atom. The number of guanidine groups is 1. The quantitative estimate of drug-likeness (QED) is 0.240. The minimum absolute atomic E-state index is 0. The first-order chi connectivity index (χ1) is 11.6. The predicted molar refractivity (Wildman–Crippen MR) is 116 cm³/mol. The third-order valence-corrected chi connectivity index (χ3v) is 3.60. The van der Waals surface area contributed by atoms with E-state index in [0.29, 0.717) is 32.3 Å².